The quantitative estimate of drug-likeness (QED) is 0.523. The Labute approximate surface area is 179 Å². The van der Waals surface area contributed by atoms with E-state index in [4.69, 9.17) is 4.74 Å². The molecule has 2 N–H and O–H groups in total. The molecule has 0 aliphatic carbocycles. The molecule has 1 heterocycles. The smallest absolute Gasteiger partial charge is 0.261 e. The second kappa shape index (κ2) is 9.79. The number of rotatable bonds is 9. The predicted molar refractivity (Wildman–Crippen MR) is 116 cm³/mol. The minimum atomic E-state index is -3.58. The Morgan fingerprint density at radius 1 is 1.10 bits per heavy atom. The average Bonchev–Trinajstić information content (AvgIpc) is 3.16. The van der Waals surface area contributed by atoms with Gasteiger partial charge in [-0.2, -0.15) is 0 Å². The topological polar surface area (TPSA) is 110 Å². The number of carbonyl (C=O) groups excluding carboxylic acids is 1. The summed E-state index contributed by atoms with van der Waals surface area (Å²) in [5.41, 5.74) is 1.39. The van der Waals surface area contributed by atoms with Crippen molar-refractivity contribution in [2.75, 3.05) is 18.5 Å². The maximum atomic E-state index is 12.5. The first-order chi connectivity index (χ1) is 14.4. The highest BCUT2D eigenvalue weighted by atomic mass is 32.2. The van der Waals surface area contributed by atoms with Gasteiger partial charge in [0.25, 0.3) is 5.91 Å². The van der Waals surface area contributed by atoms with Gasteiger partial charge in [0.05, 0.1) is 17.1 Å². The van der Waals surface area contributed by atoms with Crippen molar-refractivity contribution in [2.45, 2.75) is 25.2 Å². The lowest BCUT2D eigenvalue weighted by Crippen LogP contribution is -2.25. The van der Waals surface area contributed by atoms with E-state index in [1.54, 1.807) is 48.5 Å². The highest BCUT2D eigenvalue weighted by Crippen LogP contribution is 2.21. The molecular weight excluding hydrogens is 424 g/mol. The summed E-state index contributed by atoms with van der Waals surface area (Å²) in [4.78, 5) is 12.7. The number of nitrogens with zero attached hydrogens (tertiary/aromatic N) is 2. The molecule has 0 unspecified atom stereocenters. The summed E-state index contributed by atoms with van der Waals surface area (Å²) >= 11 is 1.19. The third-order valence-electron chi connectivity index (χ3n) is 4.08. The van der Waals surface area contributed by atoms with E-state index in [1.165, 1.54) is 11.3 Å². The summed E-state index contributed by atoms with van der Waals surface area (Å²) in [5.74, 6) is 0.148. The maximum Gasteiger partial charge on any atom is 0.261 e. The number of anilines is 1. The minimum Gasteiger partial charge on any atom is -0.493 e. The summed E-state index contributed by atoms with van der Waals surface area (Å²) in [6.07, 6.45) is 0.355. The molecule has 3 aromatic rings. The van der Waals surface area contributed by atoms with Crippen LogP contribution in [0.25, 0.3) is 0 Å². The summed E-state index contributed by atoms with van der Waals surface area (Å²) in [6, 6.07) is 13.6. The first-order valence-corrected chi connectivity index (χ1v) is 11.6. The number of hydrogen-bond acceptors (Lipinski definition) is 7. The fraction of sp³-hybridized carbons (Fsp3) is 0.250. The highest BCUT2D eigenvalue weighted by molar-refractivity contribution is 7.89. The third-order valence-corrected chi connectivity index (χ3v) is 6.46. The van der Waals surface area contributed by atoms with Crippen LogP contribution in [0.15, 0.2) is 53.4 Å². The van der Waals surface area contributed by atoms with Crippen LogP contribution >= 0.6 is 11.3 Å². The van der Waals surface area contributed by atoms with Gasteiger partial charge in [-0.1, -0.05) is 41.2 Å². The molecule has 0 saturated carbocycles. The van der Waals surface area contributed by atoms with E-state index in [0.29, 0.717) is 34.5 Å². The summed E-state index contributed by atoms with van der Waals surface area (Å²) in [6.45, 7) is 4.36. The number of nitrogens with one attached hydrogen (secondary N) is 2. The lowest BCUT2D eigenvalue weighted by Gasteiger charge is -2.08. The van der Waals surface area contributed by atoms with Crippen LogP contribution in [0.5, 0.6) is 5.75 Å². The van der Waals surface area contributed by atoms with Gasteiger partial charge in [0.1, 0.15) is 10.8 Å². The van der Waals surface area contributed by atoms with Crippen LogP contribution in [-0.4, -0.2) is 37.7 Å². The molecule has 30 heavy (non-hydrogen) atoms. The molecule has 158 valence electrons. The lowest BCUT2D eigenvalue weighted by molar-refractivity contribution is 0.102. The normalized spacial score (nSPS) is 11.3. The molecule has 0 bridgehead atoms. The zero-order chi connectivity index (χ0) is 21.6. The first-order valence-electron chi connectivity index (χ1n) is 9.31. The van der Waals surface area contributed by atoms with Crippen molar-refractivity contribution in [3.8, 4) is 5.75 Å². The largest absolute Gasteiger partial charge is 0.493 e. The molecule has 10 heteroatoms. The third kappa shape index (κ3) is 5.62. The fourth-order valence-corrected chi connectivity index (χ4v) is 4.36. The molecule has 0 spiro atoms. The zero-order valence-electron chi connectivity index (χ0n) is 16.6. The summed E-state index contributed by atoms with van der Waals surface area (Å²) in [7, 11) is -3.58. The van der Waals surface area contributed by atoms with Gasteiger partial charge in [0, 0.05) is 13.0 Å². The molecule has 0 radical (unpaired) electrons. The number of amides is 1. The first kappa shape index (κ1) is 21.9. The number of carbonyl (C=O) groups is 1. The standard InChI is InChI=1S/C20H22N4O4S2/c1-3-28-17-7-5-4-6-16(17)19(25)22-20-24-23-18(29-20)12-13-21-30(26,27)15-10-8-14(2)9-11-15/h4-11,21H,3,12-13H2,1-2H3,(H,22,24,25). The SMILES string of the molecule is CCOc1ccccc1C(=O)Nc1nnc(CCNS(=O)(=O)c2ccc(C)cc2)s1. The van der Waals surface area contributed by atoms with Crippen LogP contribution in [0.1, 0.15) is 27.9 Å². The Morgan fingerprint density at radius 3 is 2.57 bits per heavy atom. The summed E-state index contributed by atoms with van der Waals surface area (Å²) < 4.78 is 32.6. The molecule has 2 aromatic carbocycles. The van der Waals surface area contributed by atoms with Crippen LogP contribution < -0.4 is 14.8 Å². The van der Waals surface area contributed by atoms with Crippen molar-refractivity contribution in [3.05, 3.63) is 64.7 Å². The van der Waals surface area contributed by atoms with Crippen LogP contribution in [0.3, 0.4) is 0 Å². The van der Waals surface area contributed by atoms with Gasteiger partial charge in [0.15, 0.2) is 0 Å². The Balaban J connectivity index is 1.56. The summed E-state index contributed by atoms with van der Waals surface area (Å²) in [5, 5.41) is 11.6. The van der Waals surface area contributed by atoms with Crippen molar-refractivity contribution in [1.29, 1.82) is 0 Å². The second-order valence-electron chi connectivity index (χ2n) is 6.35. The number of sulfonamides is 1. The number of hydrogen-bond donors (Lipinski definition) is 2. The van der Waals surface area contributed by atoms with E-state index in [-0.39, 0.29) is 17.3 Å². The molecule has 0 aliphatic rings. The molecule has 0 atom stereocenters. The molecule has 3 rings (SSSR count). The number of ether oxygens (including phenoxy) is 1. The Morgan fingerprint density at radius 2 is 1.83 bits per heavy atom. The zero-order valence-corrected chi connectivity index (χ0v) is 18.2. The van der Waals surface area contributed by atoms with E-state index in [0.717, 1.165) is 5.56 Å². The predicted octanol–water partition coefficient (Wildman–Crippen LogP) is 3.02. The van der Waals surface area contributed by atoms with E-state index < -0.39 is 10.0 Å². The van der Waals surface area contributed by atoms with Gasteiger partial charge >= 0.3 is 0 Å². The van der Waals surface area contributed by atoms with Crippen LogP contribution in [0.4, 0.5) is 5.13 Å². The van der Waals surface area contributed by atoms with Crippen molar-refractivity contribution < 1.29 is 17.9 Å². The number of aromatic nitrogens is 2. The number of aryl methyl sites for hydroxylation is 1. The molecule has 8 nitrogen and oxygen atoms in total. The van der Waals surface area contributed by atoms with Crippen LogP contribution in [0.2, 0.25) is 0 Å². The van der Waals surface area contributed by atoms with Crippen LogP contribution in [0, 0.1) is 6.92 Å². The van der Waals surface area contributed by atoms with Gasteiger partial charge in [-0.05, 0) is 38.1 Å². The lowest BCUT2D eigenvalue weighted by atomic mass is 10.2. The molecule has 0 saturated heterocycles. The molecule has 1 amide bonds. The minimum absolute atomic E-state index is 0.173. The van der Waals surface area contributed by atoms with Crippen molar-refractivity contribution >= 4 is 32.4 Å². The molecular formula is C20H22N4O4S2. The highest BCUT2D eigenvalue weighted by Gasteiger charge is 2.16. The van der Waals surface area contributed by atoms with Gasteiger partial charge in [-0.3, -0.25) is 10.1 Å². The maximum absolute atomic E-state index is 12.5. The number of benzene rings is 2. The van der Waals surface area contributed by atoms with E-state index >= 15 is 0 Å². The van der Waals surface area contributed by atoms with Crippen LogP contribution in [-0.2, 0) is 16.4 Å². The second-order valence-corrected chi connectivity index (χ2v) is 9.17. The van der Waals surface area contributed by atoms with Crippen molar-refractivity contribution in [2.24, 2.45) is 0 Å². The Hall–Kier alpha value is -2.82. The van der Waals surface area contributed by atoms with Crippen molar-refractivity contribution in [3.63, 3.8) is 0 Å². The molecule has 1 aromatic heterocycles. The monoisotopic (exact) mass is 446 g/mol. The Kier molecular flexibility index (Phi) is 7.14. The average molecular weight is 447 g/mol. The molecule has 0 fully saturated rings. The van der Waals surface area contributed by atoms with Gasteiger partial charge < -0.3 is 4.74 Å². The van der Waals surface area contributed by atoms with E-state index in [2.05, 4.69) is 20.2 Å². The Bertz CT molecular complexity index is 1110. The van der Waals surface area contributed by atoms with E-state index in [9.17, 15) is 13.2 Å². The van der Waals surface area contributed by atoms with E-state index in [1.807, 2.05) is 13.8 Å². The van der Waals surface area contributed by atoms with Gasteiger partial charge in [-0.15, -0.1) is 10.2 Å². The fourth-order valence-electron chi connectivity index (χ4n) is 2.60. The number of para-hydroxylation sites is 1. The van der Waals surface area contributed by atoms with Gasteiger partial charge in [0.2, 0.25) is 15.2 Å². The van der Waals surface area contributed by atoms with Gasteiger partial charge in [-0.25, -0.2) is 13.1 Å². The molecule has 0 aliphatic heterocycles. The van der Waals surface area contributed by atoms with Crippen molar-refractivity contribution in [1.82, 2.24) is 14.9 Å².